The predicted octanol–water partition coefficient (Wildman–Crippen LogP) is -0.614. The van der Waals surface area contributed by atoms with Crippen molar-refractivity contribution in [3.63, 3.8) is 0 Å². The number of ether oxygens (including phenoxy) is 14. The second-order valence-electron chi connectivity index (χ2n) is 21.4. The molecule has 6 amide bonds. The van der Waals surface area contributed by atoms with E-state index in [-0.39, 0.29) is 58.2 Å². The van der Waals surface area contributed by atoms with Crippen molar-refractivity contribution in [2.75, 3.05) is 48.1 Å². The van der Waals surface area contributed by atoms with E-state index in [2.05, 4.69) is 36.6 Å². The summed E-state index contributed by atoms with van der Waals surface area (Å²) in [4.78, 5) is 92.1. The maximum Gasteiger partial charge on any atom is 0.407 e. The van der Waals surface area contributed by atoms with Gasteiger partial charge in [0.05, 0.1) is 31.7 Å². The van der Waals surface area contributed by atoms with Crippen molar-refractivity contribution in [3.8, 4) is 0 Å². The Labute approximate surface area is 436 Å². The van der Waals surface area contributed by atoms with Crippen molar-refractivity contribution in [1.82, 2.24) is 31.9 Å². The van der Waals surface area contributed by atoms with Gasteiger partial charge in [0.1, 0.15) is 60.5 Å². The number of hydrogen-bond donors (Lipinski definition) is 6. The van der Waals surface area contributed by atoms with Crippen LogP contribution < -0.4 is 31.9 Å². The van der Waals surface area contributed by atoms with Gasteiger partial charge in [0, 0.05) is 73.1 Å². The summed E-state index contributed by atoms with van der Waals surface area (Å²) in [5.74, 6) is -6.16. The Morgan fingerprint density at radius 1 is 0.467 bits per heavy atom. The Morgan fingerprint density at radius 3 is 1.09 bits per heavy atom. The van der Waals surface area contributed by atoms with Crippen LogP contribution >= 0.6 is 0 Å². The van der Waals surface area contributed by atoms with Gasteiger partial charge < -0.3 is 98.2 Å². The molecular formula is C48H78N6O21. The quantitative estimate of drug-likeness (QED) is 0.0657. The van der Waals surface area contributed by atoms with Gasteiger partial charge in [-0.15, -0.1) is 0 Å². The van der Waals surface area contributed by atoms with Crippen LogP contribution in [0.2, 0.25) is 0 Å². The first-order chi connectivity index (χ1) is 35.1. The second kappa shape index (κ2) is 24.9. The lowest BCUT2D eigenvalue weighted by atomic mass is 9.99. The van der Waals surface area contributed by atoms with Gasteiger partial charge in [-0.2, -0.15) is 0 Å². The van der Waals surface area contributed by atoms with E-state index in [1.165, 1.54) is 28.4 Å². The fraction of sp³-hybridized carbons (Fsp3) is 0.854. The number of methoxy groups -OCH3 is 4. The highest BCUT2D eigenvalue weighted by atomic mass is 16.9. The molecule has 0 spiro atoms. The highest BCUT2D eigenvalue weighted by molar-refractivity contribution is 5.83. The molecule has 6 aliphatic rings. The van der Waals surface area contributed by atoms with Gasteiger partial charge in [-0.05, 0) is 62.3 Å². The molecule has 15 atom stereocenters. The smallest absolute Gasteiger partial charge is 0.407 e. The molecule has 6 heterocycles. The topological polar surface area (TPSA) is 321 Å². The number of nitrogens with one attached hydrogen (secondary N) is 6. The molecule has 0 saturated carbocycles. The van der Waals surface area contributed by atoms with Crippen LogP contribution in [0.4, 0.5) is 4.79 Å². The van der Waals surface area contributed by atoms with Crippen molar-refractivity contribution in [2.45, 2.75) is 216 Å². The molecule has 27 heteroatoms. The van der Waals surface area contributed by atoms with Gasteiger partial charge in [-0.1, -0.05) is 0 Å². The number of hydrogen-bond acceptors (Lipinski definition) is 21. The maximum absolute atomic E-state index is 13.7. The summed E-state index contributed by atoms with van der Waals surface area (Å²) in [7, 11) is 5.58. The summed E-state index contributed by atoms with van der Waals surface area (Å²) in [6.07, 6.45) is -11.9. The van der Waals surface area contributed by atoms with Crippen LogP contribution in [-0.2, 0) is 95.1 Å². The van der Waals surface area contributed by atoms with Crippen LogP contribution in [0.1, 0.15) is 101 Å². The van der Waals surface area contributed by atoms with Gasteiger partial charge in [0.15, 0.2) is 36.2 Å². The summed E-state index contributed by atoms with van der Waals surface area (Å²) in [6, 6.07) is -2.97. The van der Waals surface area contributed by atoms with Crippen molar-refractivity contribution in [1.29, 1.82) is 0 Å². The van der Waals surface area contributed by atoms with E-state index in [0.29, 0.717) is 0 Å². The summed E-state index contributed by atoms with van der Waals surface area (Å²) in [6.45, 7) is 15.1. The van der Waals surface area contributed by atoms with Crippen LogP contribution in [0.3, 0.4) is 0 Å². The Balaban J connectivity index is 1.06. The van der Waals surface area contributed by atoms with Crippen molar-refractivity contribution < 1.29 is 99.9 Å². The lowest BCUT2D eigenvalue weighted by Crippen LogP contribution is -2.53. The molecule has 0 radical (unpaired) electrons. The lowest BCUT2D eigenvalue weighted by molar-refractivity contribution is -0.220. The van der Waals surface area contributed by atoms with Crippen LogP contribution in [0.15, 0.2) is 0 Å². The van der Waals surface area contributed by atoms with Crippen LogP contribution in [-0.4, -0.2) is 205 Å². The largest absolute Gasteiger partial charge is 0.469 e. The third kappa shape index (κ3) is 16.1. The van der Waals surface area contributed by atoms with Crippen molar-refractivity contribution in [3.05, 3.63) is 0 Å². The van der Waals surface area contributed by atoms with E-state index in [1.54, 1.807) is 62.3 Å². The zero-order valence-corrected chi connectivity index (χ0v) is 45.1. The minimum atomic E-state index is -1.03. The molecule has 6 rings (SSSR count). The number of amides is 6. The standard InChI is InChI=1S/C48H78N6O21/c1-45(2,3)75-44(61)54-25(34-37(65-13)40-43(68-34)74-48(8,9)71-40)22-30(59)50-18-15-27(56)52-23(32-35(63-11)38-41(66-32)72-46(4,5)69-38)20-28(57)49-17-14-26(55)53-24(21-29(58)51-19-16-31(60)62-10)33-36(64-12)39-42(67-33)73-47(6,7)70-39/h23-25,32-43H,14-22H2,1-13H3,(H,49,57)(H,50,59)(H,51,58)(H,52,56)(H,53,55)(H,54,61)/t23-,24-,25-,32+,33+,34+,35-,36-,37-,38+,39+,40+,41+,42+,43+/m0/s1. The Hall–Kier alpha value is -4.39. The first-order valence-corrected chi connectivity index (χ1v) is 25.2. The van der Waals surface area contributed by atoms with E-state index >= 15 is 0 Å². The molecule has 0 bridgehead atoms. The lowest BCUT2D eigenvalue weighted by Gasteiger charge is -2.31. The summed E-state index contributed by atoms with van der Waals surface area (Å²) >= 11 is 0. The Kier molecular flexibility index (Phi) is 19.9. The fourth-order valence-electron chi connectivity index (χ4n) is 9.91. The predicted molar refractivity (Wildman–Crippen MR) is 254 cm³/mol. The van der Waals surface area contributed by atoms with Gasteiger partial charge in [0.2, 0.25) is 29.5 Å². The molecular weight excluding hydrogens is 997 g/mol. The number of carbonyl (C=O) groups is 7. The number of alkyl carbamates (subject to hydrolysis) is 1. The maximum atomic E-state index is 13.7. The Bertz CT molecular complexity index is 2040. The first kappa shape index (κ1) is 59.8. The molecule has 6 saturated heterocycles. The zero-order chi connectivity index (χ0) is 55.2. The molecule has 0 aliphatic carbocycles. The van der Waals surface area contributed by atoms with Crippen molar-refractivity contribution >= 4 is 41.6 Å². The van der Waals surface area contributed by atoms with Crippen LogP contribution in [0.5, 0.6) is 0 Å². The van der Waals surface area contributed by atoms with Gasteiger partial charge in [-0.25, -0.2) is 4.79 Å². The minimum Gasteiger partial charge on any atom is -0.469 e. The average Bonchev–Trinajstić information content (AvgIpc) is 4.11. The van der Waals surface area contributed by atoms with Crippen LogP contribution in [0.25, 0.3) is 0 Å². The van der Waals surface area contributed by atoms with Crippen molar-refractivity contribution in [2.24, 2.45) is 0 Å². The fourth-order valence-corrected chi connectivity index (χ4v) is 9.91. The second-order valence-corrected chi connectivity index (χ2v) is 21.4. The number of esters is 1. The molecule has 0 aromatic rings. The zero-order valence-electron chi connectivity index (χ0n) is 45.1. The first-order valence-electron chi connectivity index (χ1n) is 25.2. The number of fused-ring (bicyclic) bond motifs is 3. The number of carbonyl (C=O) groups excluding carboxylic acids is 7. The van der Waals surface area contributed by atoms with E-state index in [0.717, 1.165) is 0 Å². The molecule has 75 heavy (non-hydrogen) atoms. The van der Waals surface area contributed by atoms with E-state index in [1.807, 2.05) is 0 Å². The molecule has 6 aliphatic heterocycles. The molecule has 0 unspecified atom stereocenters. The van der Waals surface area contributed by atoms with E-state index in [4.69, 9.17) is 61.6 Å². The highest BCUT2D eigenvalue weighted by Crippen LogP contribution is 2.42. The summed E-state index contributed by atoms with van der Waals surface area (Å²) in [5.41, 5.74) is -0.849. The normalized spacial score (nSPS) is 32.0. The molecule has 6 fully saturated rings. The molecule has 0 aromatic carbocycles. The third-order valence-electron chi connectivity index (χ3n) is 12.9. The molecule has 27 nitrogen and oxygen atoms in total. The van der Waals surface area contributed by atoms with Crippen LogP contribution in [0, 0.1) is 0 Å². The molecule has 6 N–H and O–H groups in total. The minimum absolute atomic E-state index is 0.00578. The number of rotatable bonds is 24. The van der Waals surface area contributed by atoms with E-state index in [9.17, 15) is 33.6 Å². The highest BCUT2D eigenvalue weighted by Gasteiger charge is 2.60. The van der Waals surface area contributed by atoms with Gasteiger partial charge in [-0.3, -0.25) is 28.8 Å². The third-order valence-corrected chi connectivity index (χ3v) is 12.9. The summed E-state index contributed by atoms with van der Waals surface area (Å²) in [5, 5.41) is 16.5. The van der Waals surface area contributed by atoms with E-state index < -0.39 is 156 Å². The summed E-state index contributed by atoms with van der Waals surface area (Å²) < 4.78 is 81.7. The average molecular weight is 1080 g/mol. The monoisotopic (exact) mass is 1070 g/mol. The van der Waals surface area contributed by atoms with Gasteiger partial charge >= 0.3 is 12.1 Å². The Morgan fingerprint density at radius 2 is 0.787 bits per heavy atom. The SMILES string of the molecule is COC(=O)CCNC(=O)C[C@H](NC(=O)CCNC(=O)C[C@H](NC(=O)CCNC(=O)C[C@H](NC(=O)OC(C)(C)C)[C@H]1O[C@@H]2OC(C)(C)O[C@@H]2[C@H]1OC)[C@H]1O[C@@H]2OC(C)(C)O[C@@H]2[C@H]1OC)[C@H]1O[C@@H]2OC(C)(C)O[C@@H]2[C@H]1OC. The van der Waals surface area contributed by atoms with Gasteiger partial charge in [0.25, 0.3) is 0 Å². The molecule has 0 aromatic heterocycles. The molecule has 426 valence electrons.